The normalized spacial score (nSPS) is 11.2. The number of hydrogen-bond donors (Lipinski definition) is 2. The van der Waals surface area contributed by atoms with Crippen molar-refractivity contribution in [3.05, 3.63) is 60.4 Å². The molecule has 0 radical (unpaired) electrons. The molecule has 0 unspecified atom stereocenters. The summed E-state index contributed by atoms with van der Waals surface area (Å²) in [6, 6.07) is 14.4. The zero-order valence-electron chi connectivity index (χ0n) is 14.7. The summed E-state index contributed by atoms with van der Waals surface area (Å²) in [5.74, 6) is 1.25. The molecule has 9 heteroatoms. The summed E-state index contributed by atoms with van der Waals surface area (Å²) in [5.41, 5.74) is 1.97. The standard InChI is InChI=1S/C18H19N5O3S/c1-2-26-16-9-4-3-8-15(16)17-20-12-21-18(23-17)22-14-7-5-6-13(10-14)11-27(19,24)25/h3-10,12H,2,11H2,1H3,(H2,19,24,25)(H,20,21,22,23). The molecule has 8 nitrogen and oxygen atoms in total. The summed E-state index contributed by atoms with van der Waals surface area (Å²) in [6.07, 6.45) is 1.40. The van der Waals surface area contributed by atoms with E-state index in [1.807, 2.05) is 31.2 Å². The van der Waals surface area contributed by atoms with Gasteiger partial charge in [0.2, 0.25) is 16.0 Å². The van der Waals surface area contributed by atoms with Crippen molar-refractivity contribution in [3.63, 3.8) is 0 Å². The lowest BCUT2D eigenvalue weighted by molar-refractivity contribution is 0.341. The summed E-state index contributed by atoms with van der Waals surface area (Å²) in [6.45, 7) is 2.44. The molecule has 1 aromatic heterocycles. The first-order valence-electron chi connectivity index (χ1n) is 8.22. The number of sulfonamides is 1. The third-order valence-corrected chi connectivity index (χ3v) is 4.29. The molecule has 2 aromatic carbocycles. The van der Waals surface area contributed by atoms with Crippen LogP contribution in [0.3, 0.4) is 0 Å². The largest absolute Gasteiger partial charge is 0.493 e. The Morgan fingerprint density at radius 3 is 2.70 bits per heavy atom. The van der Waals surface area contributed by atoms with E-state index in [0.29, 0.717) is 35.4 Å². The first-order chi connectivity index (χ1) is 12.9. The molecule has 0 fully saturated rings. The number of aromatic nitrogens is 3. The van der Waals surface area contributed by atoms with Crippen LogP contribution in [0.2, 0.25) is 0 Å². The highest BCUT2D eigenvalue weighted by atomic mass is 32.2. The van der Waals surface area contributed by atoms with Crippen molar-refractivity contribution in [3.8, 4) is 17.1 Å². The summed E-state index contributed by atoms with van der Waals surface area (Å²) in [7, 11) is -3.60. The Bertz CT molecular complexity index is 1040. The Morgan fingerprint density at radius 2 is 1.93 bits per heavy atom. The van der Waals surface area contributed by atoms with Crippen LogP contribution in [-0.2, 0) is 15.8 Å². The molecule has 0 atom stereocenters. The van der Waals surface area contributed by atoms with E-state index in [0.717, 1.165) is 5.56 Å². The molecular formula is C18H19N5O3S. The van der Waals surface area contributed by atoms with E-state index in [-0.39, 0.29) is 5.75 Å². The minimum atomic E-state index is -3.60. The van der Waals surface area contributed by atoms with Crippen LogP contribution in [-0.4, -0.2) is 30.0 Å². The van der Waals surface area contributed by atoms with Gasteiger partial charge in [0.15, 0.2) is 5.82 Å². The molecule has 0 spiro atoms. The second-order valence-corrected chi connectivity index (χ2v) is 7.31. The second kappa shape index (κ2) is 8.11. The zero-order chi connectivity index (χ0) is 19.3. The fourth-order valence-corrected chi connectivity index (χ4v) is 3.16. The number of anilines is 2. The highest BCUT2D eigenvalue weighted by molar-refractivity contribution is 7.88. The van der Waals surface area contributed by atoms with Crippen LogP contribution in [0.25, 0.3) is 11.4 Å². The zero-order valence-corrected chi connectivity index (χ0v) is 15.5. The molecule has 0 saturated carbocycles. The number of nitrogens with zero attached hydrogens (tertiary/aromatic N) is 3. The van der Waals surface area contributed by atoms with E-state index >= 15 is 0 Å². The Kier molecular flexibility index (Phi) is 5.63. The van der Waals surface area contributed by atoms with E-state index < -0.39 is 10.0 Å². The Balaban J connectivity index is 1.86. The molecule has 0 amide bonds. The molecule has 27 heavy (non-hydrogen) atoms. The van der Waals surface area contributed by atoms with Crippen molar-refractivity contribution in [2.75, 3.05) is 11.9 Å². The summed E-state index contributed by atoms with van der Waals surface area (Å²) in [5, 5.41) is 8.15. The van der Waals surface area contributed by atoms with Gasteiger partial charge in [-0.15, -0.1) is 0 Å². The predicted molar refractivity (Wildman–Crippen MR) is 103 cm³/mol. The summed E-state index contributed by atoms with van der Waals surface area (Å²) < 4.78 is 28.2. The lowest BCUT2D eigenvalue weighted by Gasteiger charge is -2.10. The smallest absolute Gasteiger partial charge is 0.230 e. The van der Waals surface area contributed by atoms with Gasteiger partial charge in [-0.1, -0.05) is 24.3 Å². The first kappa shape index (κ1) is 18.7. The van der Waals surface area contributed by atoms with Crippen molar-refractivity contribution in [1.29, 1.82) is 0 Å². The summed E-state index contributed by atoms with van der Waals surface area (Å²) in [4.78, 5) is 12.8. The van der Waals surface area contributed by atoms with E-state index in [9.17, 15) is 8.42 Å². The topological polar surface area (TPSA) is 120 Å². The molecule has 3 aromatic rings. The number of benzene rings is 2. The minimum Gasteiger partial charge on any atom is -0.493 e. The van der Waals surface area contributed by atoms with E-state index in [1.54, 1.807) is 24.3 Å². The number of primary sulfonamides is 1. The quantitative estimate of drug-likeness (QED) is 0.641. The van der Waals surface area contributed by atoms with Gasteiger partial charge in [-0.2, -0.15) is 4.98 Å². The van der Waals surface area contributed by atoms with Gasteiger partial charge in [-0.3, -0.25) is 0 Å². The van der Waals surface area contributed by atoms with Crippen LogP contribution in [0.1, 0.15) is 12.5 Å². The molecule has 0 aliphatic heterocycles. The molecule has 3 rings (SSSR count). The molecule has 0 saturated heterocycles. The van der Waals surface area contributed by atoms with E-state index in [4.69, 9.17) is 9.88 Å². The minimum absolute atomic E-state index is 0.243. The second-order valence-electron chi connectivity index (χ2n) is 5.69. The van der Waals surface area contributed by atoms with Crippen LogP contribution < -0.4 is 15.2 Å². The SMILES string of the molecule is CCOc1ccccc1-c1ncnc(Nc2cccc(CS(N)(=O)=O)c2)n1. The maximum atomic E-state index is 11.3. The maximum absolute atomic E-state index is 11.3. The van der Waals surface area contributed by atoms with Crippen molar-refractivity contribution in [1.82, 2.24) is 15.0 Å². The number of rotatable bonds is 7. The molecule has 1 heterocycles. The number of ether oxygens (including phenoxy) is 1. The van der Waals surface area contributed by atoms with Crippen molar-refractivity contribution < 1.29 is 13.2 Å². The molecular weight excluding hydrogens is 366 g/mol. The molecule has 0 aliphatic carbocycles. The van der Waals surface area contributed by atoms with Crippen LogP contribution in [0.5, 0.6) is 5.75 Å². The van der Waals surface area contributed by atoms with Crippen molar-refractivity contribution in [2.45, 2.75) is 12.7 Å². The fourth-order valence-electron chi connectivity index (χ4n) is 2.52. The van der Waals surface area contributed by atoms with Gasteiger partial charge in [0.1, 0.15) is 12.1 Å². The van der Waals surface area contributed by atoms with Crippen LogP contribution in [0.15, 0.2) is 54.9 Å². The van der Waals surface area contributed by atoms with Crippen LogP contribution in [0, 0.1) is 0 Å². The third kappa shape index (κ3) is 5.22. The average molecular weight is 385 g/mol. The Morgan fingerprint density at radius 1 is 1.11 bits per heavy atom. The first-order valence-corrected chi connectivity index (χ1v) is 9.94. The van der Waals surface area contributed by atoms with Crippen molar-refractivity contribution in [2.24, 2.45) is 5.14 Å². The van der Waals surface area contributed by atoms with E-state index in [1.165, 1.54) is 6.33 Å². The third-order valence-electron chi connectivity index (χ3n) is 3.55. The molecule has 140 valence electrons. The van der Waals surface area contributed by atoms with Crippen molar-refractivity contribution >= 4 is 21.7 Å². The average Bonchev–Trinajstić information content (AvgIpc) is 2.61. The van der Waals surface area contributed by atoms with Gasteiger partial charge in [0.05, 0.1) is 17.9 Å². The van der Waals surface area contributed by atoms with Gasteiger partial charge >= 0.3 is 0 Å². The number of nitrogens with one attached hydrogen (secondary N) is 1. The van der Waals surface area contributed by atoms with Gasteiger partial charge in [-0.05, 0) is 36.8 Å². The Labute approximate surface area is 157 Å². The highest BCUT2D eigenvalue weighted by Gasteiger charge is 2.10. The molecule has 0 bridgehead atoms. The monoisotopic (exact) mass is 385 g/mol. The number of nitrogens with two attached hydrogens (primary N) is 1. The van der Waals surface area contributed by atoms with Gasteiger partial charge in [0, 0.05) is 5.69 Å². The molecule has 3 N–H and O–H groups in total. The van der Waals surface area contributed by atoms with Crippen LogP contribution >= 0.6 is 0 Å². The van der Waals surface area contributed by atoms with E-state index in [2.05, 4.69) is 20.3 Å². The highest BCUT2D eigenvalue weighted by Crippen LogP contribution is 2.27. The summed E-state index contributed by atoms with van der Waals surface area (Å²) >= 11 is 0. The number of hydrogen-bond acceptors (Lipinski definition) is 7. The Hall–Kier alpha value is -3.04. The van der Waals surface area contributed by atoms with Gasteiger partial charge in [-0.25, -0.2) is 23.5 Å². The molecule has 0 aliphatic rings. The van der Waals surface area contributed by atoms with Gasteiger partial charge < -0.3 is 10.1 Å². The lowest BCUT2D eigenvalue weighted by Crippen LogP contribution is -2.14. The number of para-hydroxylation sites is 1. The lowest BCUT2D eigenvalue weighted by atomic mass is 10.2. The van der Waals surface area contributed by atoms with Gasteiger partial charge in [0.25, 0.3) is 0 Å². The van der Waals surface area contributed by atoms with Crippen LogP contribution in [0.4, 0.5) is 11.6 Å². The fraction of sp³-hybridized carbons (Fsp3) is 0.167. The maximum Gasteiger partial charge on any atom is 0.230 e. The predicted octanol–water partition coefficient (Wildman–Crippen LogP) is 2.47.